The molecule has 3 unspecified atom stereocenters. The molecule has 2 N–H and O–H groups in total. The average Bonchev–Trinajstić information content (AvgIpc) is 2.95. The molecule has 1 saturated heterocycles. The van der Waals surface area contributed by atoms with Crippen LogP contribution in [0.2, 0.25) is 18.1 Å². The number of amides is 1. The van der Waals surface area contributed by atoms with Crippen LogP contribution in [0.15, 0.2) is 66.7 Å². The standard InChI is InChI=1S/C34H43F2NO5Si/c1-34(2,3)43(4,5)42-31(23-8-10-24(35)11-9-23)19-18-29-32(37(33(29)40)26-14-12-25(36)13-15-26)28-17-16-27(22-30(28)39)41-21-7-6-20-38/h8-17,22,29,31-32,38-39H,6-7,18-21H2,1-5H3. The number of phenolic OH excluding ortho intramolecular Hbond substituents is 1. The normalized spacial score (nSPS) is 18.0. The van der Waals surface area contributed by atoms with Gasteiger partial charge in [-0.3, -0.25) is 4.79 Å². The number of benzene rings is 3. The Bertz CT molecular complexity index is 1380. The molecular formula is C34H43F2NO5Si. The quantitative estimate of drug-likeness (QED) is 0.116. The van der Waals surface area contributed by atoms with Crippen molar-refractivity contribution in [2.45, 2.75) is 76.7 Å². The third-order valence-corrected chi connectivity index (χ3v) is 13.2. The predicted octanol–water partition coefficient (Wildman–Crippen LogP) is 8.07. The van der Waals surface area contributed by atoms with Crippen LogP contribution in [0.4, 0.5) is 14.5 Å². The number of aromatic hydroxyl groups is 1. The number of nitrogens with zero attached hydrogens (tertiary/aromatic N) is 1. The number of β-lactam (4-membered cyclic amide) rings is 1. The zero-order chi connectivity index (χ0) is 31.4. The van der Waals surface area contributed by atoms with E-state index < -0.39 is 26.1 Å². The van der Waals surface area contributed by atoms with Crippen molar-refractivity contribution in [2.24, 2.45) is 5.92 Å². The van der Waals surface area contributed by atoms with Gasteiger partial charge in [0.05, 0.1) is 24.7 Å². The summed E-state index contributed by atoms with van der Waals surface area (Å²) in [4.78, 5) is 15.3. The monoisotopic (exact) mass is 611 g/mol. The minimum Gasteiger partial charge on any atom is -0.507 e. The number of hydrogen-bond acceptors (Lipinski definition) is 5. The van der Waals surface area contributed by atoms with Crippen molar-refractivity contribution >= 4 is 19.9 Å². The number of anilines is 1. The second-order valence-corrected chi connectivity index (χ2v) is 17.5. The van der Waals surface area contributed by atoms with E-state index in [9.17, 15) is 18.7 Å². The van der Waals surface area contributed by atoms with Crippen molar-refractivity contribution in [3.63, 3.8) is 0 Å². The molecule has 3 aromatic rings. The molecule has 0 aliphatic carbocycles. The summed E-state index contributed by atoms with van der Waals surface area (Å²) in [5, 5.41) is 20.0. The molecule has 9 heteroatoms. The predicted molar refractivity (Wildman–Crippen MR) is 167 cm³/mol. The van der Waals surface area contributed by atoms with Gasteiger partial charge >= 0.3 is 0 Å². The van der Waals surface area contributed by atoms with Crippen LogP contribution in [0.1, 0.15) is 69.7 Å². The Balaban J connectivity index is 1.61. The molecule has 43 heavy (non-hydrogen) atoms. The molecule has 0 aromatic heterocycles. The second kappa shape index (κ2) is 13.6. The van der Waals surface area contributed by atoms with Crippen molar-refractivity contribution in [1.82, 2.24) is 0 Å². The van der Waals surface area contributed by atoms with Crippen molar-refractivity contribution < 1.29 is 33.0 Å². The molecule has 0 saturated carbocycles. The smallest absolute Gasteiger partial charge is 0.233 e. The van der Waals surface area contributed by atoms with Crippen molar-refractivity contribution in [2.75, 3.05) is 18.1 Å². The van der Waals surface area contributed by atoms with E-state index in [1.807, 2.05) is 0 Å². The molecule has 1 amide bonds. The van der Waals surface area contributed by atoms with E-state index >= 15 is 0 Å². The van der Waals surface area contributed by atoms with Crippen LogP contribution in [-0.2, 0) is 9.22 Å². The van der Waals surface area contributed by atoms with Crippen LogP contribution >= 0.6 is 0 Å². The first-order chi connectivity index (χ1) is 20.3. The maximum Gasteiger partial charge on any atom is 0.233 e. The lowest BCUT2D eigenvalue weighted by atomic mass is 9.78. The second-order valence-electron chi connectivity index (χ2n) is 12.7. The molecule has 1 aliphatic heterocycles. The molecule has 1 heterocycles. The highest BCUT2D eigenvalue weighted by Gasteiger charge is 2.50. The highest BCUT2D eigenvalue weighted by molar-refractivity contribution is 6.74. The summed E-state index contributed by atoms with van der Waals surface area (Å²) in [6.45, 7) is 11.3. The topological polar surface area (TPSA) is 79.2 Å². The minimum absolute atomic E-state index is 0.00174. The molecule has 3 aromatic carbocycles. The van der Waals surface area contributed by atoms with Crippen LogP contribution in [-0.4, -0.2) is 37.7 Å². The molecule has 0 radical (unpaired) electrons. The average molecular weight is 612 g/mol. The van der Waals surface area contributed by atoms with Crippen LogP contribution in [0.25, 0.3) is 0 Å². The van der Waals surface area contributed by atoms with Crippen molar-refractivity contribution in [3.05, 3.63) is 89.5 Å². The highest BCUT2D eigenvalue weighted by atomic mass is 28.4. The van der Waals surface area contributed by atoms with E-state index in [-0.39, 0.29) is 35.2 Å². The van der Waals surface area contributed by atoms with Gasteiger partial charge < -0.3 is 24.3 Å². The fraction of sp³-hybridized carbons (Fsp3) is 0.441. The molecule has 4 rings (SSSR count). The fourth-order valence-corrected chi connectivity index (χ4v) is 6.50. The van der Waals surface area contributed by atoms with E-state index in [1.54, 1.807) is 47.4 Å². The Morgan fingerprint density at radius 1 is 0.953 bits per heavy atom. The number of aliphatic hydroxyl groups excluding tert-OH is 1. The summed E-state index contributed by atoms with van der Waals surface area (Å²) < 4.78 is 40.1. The van der Waals surface area contributed by atoms with E-state index in [1.165, 1.54) is 24.3 Å². The number of ether oxygens (including phenoxy) is 1. The maximum absolute atomic E-state index is 13.8. The Labute approximate surface area is 254 Å². The number of rotatable bonds is 13. The first-order valence-corrected chi connectivity index (χ1v) is 17.8. The summed E-state index contributed by atoms with van der Waals surface area (Å²) in [7, 11) is -2.22. The SMILES string of the molecule is CC(C)(C)[Si](C)(C)OC(CCC1C(=O)N(c2ccc(F)cc2)C1c1ccc(OCCCCO)cc1O)c1ccc(F)cc1. The number of carbonyl (C=O) groups excluding carboxylic acids is 1. The van der Waals surface area contributed by atoms with Gasteiger partial charge in [-0.05, 0) is 97.9 Å². The summed E-state index contributed by atoms with van der Waals surface area (Å²) in [6, 6.07) is 16.7. The van der Waals surface area contributed by atoms with Gasteiger partial charge in [0.15, 0.2) is 8.32 Å². The van der Waals surface area contributed by atoms with E-state index in [2.05, 4.69) is 33.9 Å². The number of hydrogen-bond donors (Lipinski definition) is 2. The van der Waals surface area contributed by atoms with Gasteiger partial charge in [0.2, 0.25) is 5.91 Å². The van der Waals surface area contributed by atoms with Gasteiger partial charge in [0.25, 0.3) is 0 Å². The summed E-state index contributed by atoms with van der Waals surface area (Å²) in [5.41, 5.74) is 1.97. The summed E-state index contributed by atoms with van der Waals surface area (Å²) in [5.74, 6) is -0.810. The van der Waals surface area contributed by atoms with Gasteiger partial charge in [-0.15, -0.1) is 0 Å². The van der Waals surface area contributed by atoms with Crippen LogP contribution in [0.3, 0.4) is 0 Å². The third kappa shape index (κ3) is 7.63. The van der Waals surface area contributed by atoms with E-state index in [0.29, 0.717) is 49.3 Å². The first kappa shape index (κ1) is 32.6. The zero-order valence-corrected chi connectivity index (χ0v) is 26.6. The number of phenols is 1. The molecule has 3 atom stereocenters. The van der Waals surface area contributed by atoms with Gasteiger partial charge in [-0.25, -0.2) is 8.78 Å². The Morgan fingerprint density at radius 3 is 2.16 bits per heavy atom. The van der Waals surface area contributed by atoms with Gasteiger partial charge in [-0.2, -0.15) is 0 Å². The first-order valence-electron chi connectivity index (χ1n) is 14.9. The highest BCUT2D eigenvalue weighted by Crippen LogP contribution is 2.50. The van der Waals surface area contributed by atoms with E-state index in [0.717, 1.165) is 5.56 Å². The van der Waals surface area contributed by atoms with Crippen LogP contribution < -0.4 is 9.64 Å². The van der Waals surface area contributed by atoms with Crippen molar-refractivity contribution in [1.29, 1.82) is 0 Å². The number of carbonyl (C=O) groups is 1. The number of halogens is 2. The molecule has 1 fully saturated rings. The van der Waals surface area contributed by atoms with Gasteiger partial charge in [-0.1, -0.05) is 32.9 Å². The Hall–Kier alpha value is -3.27. The van der Waals surface area contributed by atoms with Gasteiger partial charge in [0.1, 0.15) is 23.1 Å². The number of aliphatic hydroxyl groups is 1. The Kier molecular flexibility index (Phi) is 10.3. The van der Waals surface area contributed by atoms with Crippen LogP contribution in [0, 0.1) is 17.6 Å². The molecule has 6 nitrogen and oxygen atoms in total. The maximum atomic E-state index is 13.8. The summed E-state index contributed by atoms with van der Waals surface area (Å²) in [6.07, 6.45) is 1.97. The van der Waals surface area contributed by atoms with Crippen molar-refractivity contribution in [3.8, 4) is 11.5 Å². The lowest BCUT2D eigenvalue weighted by molar-refractivity contribution is -0.131. The van der Waals surface area contributed by atoms with Gasteiger partial charge in [0, 0.05) is 23.9 Å². The molecule has 0 bridgehead atoms. The van der Waals surface area contributed by atoms with E-state index in [4.69, 9.17) is 14.3 Å². The molecule has 1 aliphatic rings. The molecule has 0 spiro atoms. The lowest BCUT2D eigenvalue weighted by Crippen LogP contribution is -2.55. The Morgan fingerprint density at radius 2 is 1.58 bits per heavy atom. The largest absolute Gasteiger partial charge is 0.507 e. The fourth-order valence-electron chi connectivity index (χ4n) is 5.18. The molecular weight excluding hydrogens is 568 g/mol. The third-order valence-electron chi connectivity index (χ3n) is 8.69. The molecule has 232 valence electrons. The van der Waals surface area contributed by atoms with Crippen LogP contribution in [0.5, 0.6) is 11.5 Å². The minimum atomic E-state index is -2.22. The zero-order valence-electron chi connectivity index (χ0n) is 25.6. The summed E-state index contributed by atoms with van der Waals surface area (Å²) >= 11 is 0. The number of unbranched alkanes of at least 4 members (excludes halogenated alkanes) is 1. The lowest BCUT2D eigenvalue weighted by Gasteiger charge is -2.48.